The van der Waals surface area contributed by atoms with E-state index in [9.17, 15) is 9.65 Å². The van der Waals surface area contributed by atoms with Gasteiger partial charge >= 0.3 is 0 Å². The maximum atomic E-state index is 13.7. The second-order valence-corrected chi connectivity index (χ2v) is 10.2. The lowest BCUT2D eigenvalue weighted by molar-refractivity contribution is -0.0423. The average molecular weight is 439 g/mol. The standard InChI is InChI=1S/C26H23FN6/c27-20-3-1-19(2-4-20)24-25(22-5-6-23-29-14-21(13-28)33(23)31-22)32(15-30-24)26-10-16-7-17(11-26)9-18(8-16)12-26/h1-6,14-18H,7-12H2. The third-order valence-electron chi connectivity index (χ3n) is 8.12. The van der Waals surface area contributed by atoms with Gasteiger partial charge in [-0.25, -0.2) is 18.9 Å². The second kappa shape index (κ2) is 6.74. The van der Waals surface area contributed by atoms with Gasteiger partial charge in [-0.05, 0) is 92.7 Å². The zero-order chi connectivity index (χ0) is 22.2. The lowest BCUT2D eigenvalue weighted by atomic mass is 9.53. The summed E-state index contributed by atoms with van der Waals surface area (Å²) < 4.78 is 17.7. The summed E-state index contributed by atoms with van der Waals surface area (Å²) in [5.41, 5.74) is 4.46. The fourth-order valence-corrected chi connectivity index (χ4v) is 7.21. The molecule has 7 heteroatoms. The molecule has 33 heavy (non-hydrogen) atoms. The van der Waals surface area contributed by atoms with E-state index < -0.39 is 0 Å². The van der Waals surface area contributed by atoms with Gasteiger partial charge in [-0.2, -0.15) is 10.4 Å². The Morgan fingerprint density at radius 1 is 0.939 bits per heavy atom. The van der Waals surface area contributed by atoms with E-state index in [4.69, 9.17) is 10.1 Å². The van der Waals surface area contributed by atoms with Crippen LogP contribution in [0.5, 0.6) is 0 Å². The highest BCUT2D eigenvalue weighted by atomic mass is 19.1. The number of benzene rings is 1. The summed E-state index contributed by atoms with van der Waals surface area (Å²) in [7, 11) is 0. The monoisotopic (exact) mass is 438 g/mol. The molecule has 4 aromatic rings. The second-order valence-electron chi connectivity index (χ2n) is 10.2. The van der Waals surface area contributed by atoms with Crippen molar-refractivity contribution in [3.63, 3.8) is 0 Å². The number of nitriles is 1. The van der Waals surface area contributed by atoms with Gasteiger partial charge in [0, 0.05) is 11.1 Å². The molecule has 0 unspecified atom stereocenters. The molecule has 0 aliphatic heterocycles. The van der Waals surface area contributed by atoms with Crippen LogP contribution < -0.4 is 0 Å². The molecule has 0 amide bonds. The highest BCUT2D eigenvalue weighted by Crippen LogP contribution is 2.59. The summed E-state index contributed by atoms with van der Waals surface area (Å²) in [6.07, 6.45) is 11.2. The van der Waals surface area contributed by atoms with Crippen LogP contribution in [0.3, 0.4) is 0 Å². The Hall–Kier alpha value is -3.53. The van der Waals surface area contributed by atoms with Crippen LogP contribution in [-0.4, -0.2) is 24.1 Å². The minimum absolute atomic E-state index is 0.0546. The van der Waals surface area contributed by atoms with Gasteiger partial charge in [0.2, 0.25) is 0 Å². The Morgan fingerprint density at radius 2 is 1.64 bits per heavy atom. The summed E-state index contributed by atoms with van der Waals surface area (Å²) in [5.74, 6) is 2.09. The Morgan fingerprint density at radius 3 is 2.30 bits per heavy atom. The van der Waals surface area contributed by atoms with Gasteiger partial charge in [-0.1, -0.05) is 0 Å². The molecule has 0 radical (unpaired) electrons. The zero-order valence-corrected chi connectivity index (χ0v) is 18.2. The lowest BCUT2D eigenvalue weighted by Gasteiger charge is -2.57. The summed E-state index contributed by atoms with van der Waals surface area (Å²) in [6.45, 7) is 0. The quantitative estimate of drug-likeness (QED) is 0.441. The first-order valence-electron chi connectivity index (χ1n) is 11.7. The van der Waals surface area contributed by atoms with Crippen molar-refractivity contribution >= 4 is 5.65 Å². The fraction of sp³-hybridized carbons (Fsp3) is 0.385. The van der Waals surface area contributed by atoms with E-state index in [0.717, 1.165) is 40.4 Å². The van der Waals surface area contributed by atoms with Crippen LogP contribution in [0, 0.1) is 34.9 Å². The van der Waals surface area contributed by atoms with E-state index in [1.54, 1.807) is 22.8 Å². The minimum atomic E-state index is -0.266. The molecular weight excluding hydrogens is 415 g/mol. The third kappa shape index (κ3) is 2.80. The summed E-state index contributed by atoms with van der Waals surface area (Å²) in [4.78, 5) is 9.16. The van der Waals surface area contributed by atoms with Crippen molar-refractivity contribution in [2.24, 2.45) is 17.8 Å². The van der Waals surface area contributed by atoms with Gasteiger partial charge in [-0.15, -0.1) is 0 Å². The SMILES string of the molecule is N#Cc1cnc2ccc(-c3c(-c4ccc(F)cc4)ncn3C34CC5CC(CC(C5)C3)C4)nn12. The fourth-order valence-electron chi connectivity index (χ4n) is 7.21. The highest BCUT2D eigenvalue weighted by Gasteiger charge is 2.52. The molecule has 4 saturated carbocycles. The maximum Gasteiger partial charge on any atom is 0.162 e. The minimum Gasteiger partial charge on any atom is -0.322 e. The molecule has 4 aliphatic carbocycles. The molecule has 1 aromatic carbocycles. The normalized spacial score (nSPS) is 27.8. The number of nitrogens with zero attached hydrogens (tertiary/aromatic N) is 6. The number of rotatable bonds is 3. The van der Waals surface area contributed by atoms with Gasteiger partial charge in [0.25, 0.3) is 0 Å². The molecule has 4 fully saturated rings. The molecule has 6 nitrogen and oxygen atoms in total. The Bertz CT molecular complexity index is 1390. The van der Waals surface area contributed by atoms with Gasteiger partial charge < -0.3 is 4.57 Å². The van der Waals surface area contributed by atoms with Crippen LogP contribution in [0.1, 0.15) is 44.2 Å². The van der Waals surface area contributed by atoms with Crippen molar-refractivity contribution in [3.8, 4) is 28.7 Å². The molecule has 8 rings (SSSR count). The predicted octanol–water partition coefficient (Wildman–Crippen LogP) is 5.20. The average Bonchev–Trinajstić information content (AvgIpc) is 3.43. The van der Waals surface area contributed by atoms with Crippen molar-refractivity contribution in [2.75, 3.05) is 0 Å². The first-order chi connectivity index (χ1) is 16.1. The summed E-state index contributed by atoms with van der Waals surface area (Å²) in [6, 6.07) is 12.5. The molecule has 4 aliphatic rings. The van der Waals surface area contributed by atoms with Crippen molar-refractivity contribution in [2.45, 2.75) is 44.1 Å². The van der Waals surface area contributed by atoms with Crippen molar-refractivity contribution in [1.82, 2.24) is 24.1 Å². The third-order valence-corrected chi connectivity index (χ3v) is 8.12. The van der Waals surface area contributed by atoms with Crippen LogP contribution in [0.15, 0.2) is 48.9 Å². The molecule has 3 heterocycles. The van der Waals surface area contributed by atoms with Crippen molar-refractivity contribution in [1.29, 1.82) is 5.26 Å². The summed E-state index contributed by atoms with van der Waals surface area (Å²) in [5, 5.41) is 14.3. The lowest BCUT2D eigenvalue weighted by Crippen LogP contribution is -2.51. The smallest absolute Gasteiger partial charge is 0.162 e. The van der Waals surface area contributed by atoms with E-state index >= 15 is 0 Å². The molecule has 3 aromatic heterocycles. The van der Waals surface area contributed by atoms with Crippen LogP contribution in [0.2, 0.25) is 0 Å². The van der Waals surface area contributed by atoms with Gasteiger partial charge in [0.05, 0.1) is 23.9 Å². The number of hydrogen-bond acceptors (Lipinski definition) is 4. The van der Waals surface area contributed by atoms with Crippen LogP contribution in [-0.2, 0) is 5.54 Å². The van der Waals surface area contributed by atoms with Gasteiger partial charge in [-0.3, -0.25) is 0 Å². The van der Waals surface area contributed by atoms with Crippen LogP contribution >= 0.6 is 0 Å². The van der Waals surface area contributed by atoms with E-state index in [-0.39, 0.29) is 11.4 Å². The summed E-state index contributed by atoms with van der Waals surface area (Å²) >= 11 is 0. The Balaban J connectivity index is 1.46. The Labute approximate surface area is 190 Å². The predicted molar refractivity (Wildman–Crippen MR) is 120 cm³/mol. The van der Waals surface area contributed by atoms with E-state index in [1.807, 2.05) is 18.5 Å². The van der Waals surface area contributed by atoms with Crippen LogP contribution in [0.25, 0.3) is 28.3 Å². The highest BCUT2D eigenvalue weighted by molar-refractivity contribution is 5.77. The number of fused-ring (bicyclic) bond motifs is 1. The molecule has 164 valence electrons. The number of hydrogen-bond donors (Lipinski definition) is 0. The van der Waals surface area contributed by atoms with E-state index in [2.05, 4.69) is 15.6 Å². The van der Waals surface area contributed by atoms with E-state index in [1.165, 1.54) is 50.7 Å². The number of aromatic nitrogens is 5. The van der Waals surface area contributed by atoms with Crippen molar-refractivity contribution in [3.05, 3.63) is 60.4 Å². The topological polar surface area (TPSA) is 71.8 Å². The number of halogens is 1. The maximum absolute atomic E-state index is 13.7. The van der Waals surface area contributed by atoms with Gasteiger partial charge in [0.15, 0.2) is 11.3 Å². The van der Waals surface area contributed by atoms with Gasteiger partial charge in [0.1, 0.15) is 17.6 Å². The molecule has 0 spiro atoms. The van der Waals surface area contributed by atoms with Crippen LogP contribution in [0.4, 0.5) is 4.39 Å². The Kier molecular flexibility index (Phi) is 3.88. The molecule has 0 saturated heterocycles. The largest absolute Gasteiger partial charge is 0.322 e. The molecule has 0 atom stereocenters. The number of imidazole rings is 2. The first kappa shape index (κ1) is 19.0. The molecule has 0 N–H and O–H groups in total. The van der Waals surface area contributed by atoms with Crippen molar-refractivity contribution < 1.29 is 4.39 Å². The molecular formula is C26H23FN6. The van der Waals surface area contributed by atoms with E-state index in [0.29, 0.717) is 11.3 Å². The zero-order valence-electron chi connectivity index (χ0n) is 18.2. The first-order valence-corrected chi connectivity index (χ1v) is 11.7. The molecule has 4 bridgehead atoms.